The zero-order valence-electron chi connectivity index (χ0n) is 16.8. The molecule has 1 aliphatic rings. The minimum atomic E-state index is 0.666. The zero-order valence-corrected chi connectivity index (χ0v) is 16.8. The van der Waals surface area contributed by atoms with E-state index in [-0.39, 0.29) is 0 Å². The third-order valence-corrected chi connectivity index (χ3v) is 5.75. The number of aryl methyl sites for hydroxylation is 2. The van der Waals surface area contributed by atoms with Crippen LogP contribution < -0.4 is 9.80 Å². The minimum Gasteiger partial charge on any atom is -0.435 e. The monoisotopic (exact) mass is 392 g/mol. The molecule has 0 saturated heterocycles. The van der Waals surface area contributed by atoms with E-state index < -0.39 is 0 Å². The van der Waals surface area contributed by atoms with Crippen LogP contribution in [0.2, 0.25) is 0 Å². The molecule has 0 saturated carbocycles. The van der Waals surface area contributed by atoms with Crippen molar-refractivity contribution in [3.8, 4) is 0 Å². The predicted octanol–water partition coefficient (Wildman–Crippen LogP) is 6.24. The third-order valence-electron chi connectivity index (χ3n) is 5.75. The minimum absolute atomic E-state index is 0.666. The Morgan fingerprint density at radius 1 is 0.833 bits per heavy atom. The zero-order chi connectivity index (χ0) is 20.2. The number of nitrogens with zero attached hydrogens (tertiary/aromatic N) is 4. The number of aromatic nitrogens is 2. The number of anilines is 4. The van der Waals surface area contributed by atoms with Gasteiger partial charge in [-0.25, -0.2) is 9.97 Å². The summed E-state index contributed by atoms with van der Waals surface area (Å²) in [4.78, 5) is 13.8. The summed E-state index contributed by atoms with van der Waals surface area (Å²) in [6.07, 6.45) is 1.85. The van der Waals surface area contributed by atoms with Crippen LogP contribution in [-0.2, 0) is 0 Å². The first-order valence-electron chi connectivity index (χ1n) is 10.1. The van der Waals surface area contributed by atoms with Crippen LogP contribution in [-0.4, -0.2) is 16.6 Å². The summed E-state index contributed by atoms with van der Waals surface area (Å²) in [5, 5.41) is 2.13. The van der Waals surface area contributed by atoms with E-state index in [0.29, 0.717) is 12.4 Å². The van der Waals surface area contributed by atoms with Crippen molar-refractivity contribution in [1.82, 2.24) is 9.97 Å². The highest BCUT2D eigenvalue weighted by Crippen LogP contribution is 2.46. The molecule has 3 aromatic heterocycles. The SMILES string of the molecule is Cc1ccc2c(n1)oc1c(N3CN(c4ccccc4)c4ncccc43)c(C)ccc12. The largest absolute Gasteiger partial charge is 0.435 e. The molecule has 4 heterocycles. The normalized spacial score (nSPS) is 13.4. The van der Waals surface area contributed by atoms with E-state index >= 15 is 0 Å². The molecule has 5 aromatic rings. The molecule has 0 N–H and O–H groups in total. The van der Waals surface area contributed by atoms with Crippen LogP contribution in [0.1, 0.15) is 11.3 Å². The Kier molecular flexibility index (Phi) is 3.59. The lowest BCUT2D eigenvalue weighted by molar-refractivity contribution is 0.651. The van der Waals surface area contributed by atoms with Gasteiger partial charge in [0.1, 0.15) is 6.67 Å². The van der Waals surface area contributed by atoms with E-state index in [1.165, 1.54) is 0 Å². The van der Waals surface area contributed by atoms with E-state index in [0.717, 1.165) is 50.5 Å². The van der Waals surface area contributed by atoms with Crippen molar-refractivity contribution in [2.75, 3.05) is 16.5 Å². The second-order valence-electron chi connectivity index (χ2n) is 7.69. The molecule has 0 amide bonds. The number of hydrogen-bond donors (Lipinski definition) is 0. The molecule has 2 aromatic carbocycles. The summed E-state index contributed by atoms with van der Waals surface area (Å²) in [7, 11) is 0. The van der Waals surface area contributed by atoms with Gasteiger partial charge in [0, 0.05) is 28.4 Å². The van der Waals surface area contributed by atoms with Gasteiger partial charge in [0.15, 0.2) is 11.4 Å². The maximum atomic E-state index is 6.32. The number of furan rings is 1. The molecule has 0 atom stereocenters. The number of hydrogen-bond acceptors (Lipinski definition) is 5. The molecule has 30 heavy (non-hydrogen) atoms. The second kappa shape index (κ2) is 6.32. The lowest BCUT2D eigenvalue weighted by Gasteiger charge is -2.23. The van der Waals surface area contributed by atoms with Gasteiger partial charge >= 0.3 is 0 Å². The fraction of sp³-hybridized carbons (Fsp3) is 0.120. The summed E-state index contributed by atoms with van der Waals surface area (Å²) < 4.78 is 6.32. The van der Waals surface area contributed by atoms with Crippen LogP contribution in [0.4, 0.5) is 22.9 Å². The molecule has 1 aliphatic heterocycles. The van der Waals surface area contributed by atoms with Gasteiger partial charge in [-0.2, -0.15) is 0 Å². The fourth-order valence-corrected chi connectivity index (χ4v) is 4.33. The van der Waals surface area contributed by atoms with Crippen LogP contribution in [0.15, 0.2) is 77.3 Å². The topological polar surface area (TPSA) is 45.4 Å². The van der Waals surface area contributed by atoms with Crippen LogP contribution in [0.5, 0.6) is 0 Å². The number of pyridine rings is 2. The van der Waals surface area contributed by atoms with Gasteiger partial charge < -0.3 is 14.2 Å². The van der Waals surface area contributed by atoms with E-state index in [4.69, 9.17) is 9.40 Å². The summed E-state index contributed by atoms with van der Waals surface area (Å²) in [5.41, 5.74) is 6.91. The Morgan fingerprint density at radius 3 is 2.53 bits per heavy atom. The van der Waals surface area contributed by atoms with Gasteiger partial charge in [-0.1, -0.05) is 30.3 Å². The van der Waals surface area contributed by atoms with Crippen molar-refractivity contribution >= 4 is 44.9 Å². The molecular weight excluding hydrogens is 372 g/mol. The summed E-state index contributed by atoms with van der Waals surface area (Å²) in [5.74, 6) is 0.949. The van der Waals surface area contributed by atoms with E-state index in [9.17, 15) is 0 Å². The summed E-state index contributed by atoms with van der Waals surface area (Å²) in [6.45, 7) is 4.78. The maximum absolute atomic E-state index is 6.32. The van der Waals surface area contributed by atoms with Crippen molar-refractivity contribution in [1.29, 1.82) is 0 Å². The van der Waals surface area contributed by atoms with Gasteiger partial charge in [0.05, 0.1) is 11.4 Å². The molecule has 0 bridgehead atoms. The van der Waals surface area contributed by atoms with Crippen molar-refractivity contribution < 1.29 is 4.42 Å². The van der Waals surface area contributed by atoms with Gasteiger partial charge in [-0.3, -0.25) is 0 Å². The van der Waals surface area contributed by atoms with Gasteiger partial charge in [-0.05, 0) is 55.8 Å². The van der Waals surface area contributed by atoms with Crippen molar-refractivity contribution in [3.05, 3.63) is 84.2 Å². The van der Waals surface area contributed by atoms with E-state index in [1.807, 2.05) is 31.3 Å². The molecule has 0 radical (unpaired) electrons. The van der Waals surface area contributed by atoms with Crippen LogP contribution >= 0.6 is 0 Å². The highest BCUT2D eigenvalue weighted by Gasteiger charge is 2.32. The molecule has 0 unspecified atom stereocenters. The van der Waals surface area contributed by atoms with Gasteiger partial charge in [0.2, 0.25) is 5.71 Å². The third kappa shape index (κ3) is 2.42. The van der Waals surface area contributed by atoms with E-state index in [1.54, 1.807) is 0 Å². The highest BCUT2D eigenvalue weighted by atomic mass is 16.3. The van der Waals surface area contributed by atoms with Crippen LogP contribution in [0, 0.1) is 13.8 Å². The molecular formula is C25H20N4O. The Bertz CT molecular complexity index is 1410. The average molecular weight is 392 g/mol. The summed E-state index contributed by atoms with van der Waals surface area (Å²) in [6, 6.07) is 22.9. The Balaban J connectivity index is 1.59. The molecule has 0 aliphatic carbocycles. The first-order valence-corrected chi connectivity index (χ1v) is 10.1. The Hall–Kier alpha value is -3.86. The lowest BCUT2D eigenvalue weighted by Crippen LogP contribution is -2.24. The van der Waals surface area contributed by atoms with Gasteiger partial charge in [-0.15, -0.1) is 0 Å². The lowest BCUT2D eigenvalue weighted by atomic mass is 10.1. The number of rotatable bonds is 2. The first kappa shape index (κ1) is 17.0. The smallest absolute Gasteiger partial charge is 0.227 e. The maximum Gasteiger partial charge on any atom is 0.227 e. The summed E-state index contributed by atoms with van der Waals surface area (Å²) >= 11 is 0. The molecule has 5 heteroatoms. The Morgan fingerprint density at radius 2 is 1.67 bits per heavy atom. The standard InChI is InChI=1S/C25H20N4O/c1-16-10-12-19-20-13-11-17(2)27-25(20)30-23(19)22(16)29-15-28(18-7-4-3-5-8-18)24-21(29)9-6-14-26-24/h3-14H,15H2,1-2H3. The average Bonchev–Trinajstić information content (AvgIpc) is 3.32. The Labute approximate surface area is 174 Å². The number of fused-ring (bicyclic) bond motifs is 4. The van der Waals surface area contributed by atoms with Gasteiger partial charge in [0.25, 0.3) is 0 Å². The van der Waals surface area contributed by atoms with Crippen molar-refractivity contribution in [3.63, 3.8) is 0 Å². The fourth-order valence-electron chi connectivity index (χ4n) is 4.33. The van der Waals surface area contributed by atoms with Crippen LogP contribution in [0.25, 0.3) is 22.1 Å². The quantitative estimate of drug-likeness (QED) is 0.356. The molecule has 0 fully saturated rings. The number of benzene rings is 2. The highest BCUT2D eigenvalue weighted by molar-refractivity contribution is 6.09. The first-order chi connectivity index (χ1) is 14.7. The molecule has 0 spiro atoms. The van der Waals surface area contributed by atoms with Crippen LogP contribution in [0.3, 0.4) is 0 Å². The molecule has 5 nitrogen and oxygen atoms in total. The number of para-hydroxylation sites is 1. The molecule has 6 rings (SSSR count). The predicted molar refractivity (Wildman–Crippen MR) is 121 cm³/mol. The van der Waals surface area contributed by atoms with E-state index in [2.05, 4.69) is 70.2 Å². The van der Waals surface area contributed by atoms with Crippen molar-refractivity contribution in [2.24, 2.45) is 0 Å². The second-order valence-corrected chi connectivity index (χ2v) is 7.69. The molecule has 146 valence electrons. The van der Waals surface area contributed by atoms with Crippen molar-refractivity contribution in [2.45, 2.75) is 13.8 Å².